The van der Waals surface area contributed by atoms with Crippen molar-refractivity contribution >= 4 is 0 Å². The van der Waals surface area contributed by atoms with Gasteiger partial charge in [0.15, 0.2) is 5.82 Å². The molecule has 0 spiro atoms. The molecule has 0 radical (unpaired) electrons. The lowest BCUT2D eigenvalue weighted by Crippen LogP contribution is -2.42. The van der Waals surface area contributed by atoms with Gasteiger partial charge in [-0.2, -0.15) is 4.98 Å². The molecule has 1 aromatic rings. The molecule has 2 fully saturated rings. The molecular weight excluding hydrogens is 190 g/mol. The van der Waals surface area contributed by atoms with Crippen molar-refractivity contribution in [1.82, 2.24) is 10.1 Å². The molecule has 3 rings (SSSR count). The van der Waals surface area contributed by atoms with Gasteiger partial charge in [-0.05, 0) is 37.5 Å². The highest BCUT2D eigenvalue weighted by molar-refractivity contribution is 5.06. The van der Waals surface area contributed by atoms with Crippen LogP contribution in [-0.2, 0) is 5.54 Å². The van der Waals surface area contributed by atoms with E-state index in [9.17, 15) is 0 Å². The second kappa shape index (κ2) is 3.30. The van der Waals surface area contributed by atoms with Crippen molar-refractivity contribution in [3.8, 4) is 0 Å². The summed E-state index contributed by atoms with van der Waals surface area (Å²) < 4.78 is 4.80. The summed E-state index contributed by atoms with van der Waals surface area (Å²) in [7, 11) is 0. The van der Waals surface area contributed by atoms with E-state index in [0.717, 1.165) is 24.7 Å². The second-order valence-corrected chi connectivity index (χ2v) is 5.10. The molecule has 2 saturated carbocycles. The van der Waals surface area contributed by atoms with Gasteiger partial charge < -0.3 is 10.3 Å². The molecule has 0 aromatic carbocycles. The topological polar surface area (TPSA) is 64.9 Å². The van der Waals surface area contributed by atoms with E-state index in [0.29, 0.717) is 5.82 Å². The van der Waals surface area contributed by atoms with Crippen molar-refractivity contribution in [3.63, 3.8) is 0 Å². The zero-order valence-electron chi connectivity index (χ0n) is 8.85. The minimum Gasteiger partial charge on any atom is -0.343 e. The van der Waals surface area contributed by atoms with E-state index in [-0.39, 0.29) is 5.54 Å². The minimum atomic E-state index is -0.321. The molecule has 4 nitrogen and oxygen atoms in total. The van der Waals surface area contributed by atoms with Crippen LogP contribution in [0.2, 0.25) is 0 Å². The zero-order chi connectivity index (χ0) is 10.3. The molecule has 2 aliphatic carbocycles. The number of nitrogens with zero attached hydrogens (tertiary/aromatic N) is 2. The van der Waals surface area contributed by atoms with E-state index >= 15 is 0 Å². The number of hydrogen-bond acceptors (Lipinski definition) is 4. The van der Waals surface area contributed by atoms with E-state index < -0.39 is 0 Å². The number of aromatic nitrogens is 2. The van der Waals surface area contributed by atoms with Gasteiger partial charge in [-0.15, -0.1) is 0 Å². The largest absolute Gasteiger partial charge is 0.343 e. The smallest absolute Gasteiger partial charge is 0.213 e. The Balaban J connectivity index is 1.79. The quantitative estimate of drug-likeness (QED) is 0.803. The standard InChI is InChI=1S/C11H17N3O/c12-11(10-13-7-15-14-10)5-1-2-9(6-11)8-3-4-8/h7-9H,1-6,12H2. The first kappa shape index (κ1) is 9.33. The Kier molecular flexibility index (Phi) is 2.06. The van der Waals surface area contributed by atoms with Gasteiger partial charge in [0.05, 0.1) is 5.54 Å². The molecule has 15 heavy (non-hydrogen) atoms. The zero-order valence-corrected chi connectivity index (χ0v) is 8.85. The van der Waals surface area contributed by atoms with Crippen molar-refractivity contribution in [1.29, 1.82) is 0 Å². The van der Waals surface area contributed by atoms with Crippen LogP contribution in [0.4, 0.5) is 0 Å². The fourth-order valence-electron chi connectivity index (χ4n) is 2.91. The first-order valence-corrected chi connectivity index (χ1v) is 5.84. The van der Waals surface area contributed by atoms with E-state index in [4.69, 9.17) is 10.3 Å². The molecule has 0 amide bonds. The van der Waals surface area contributed by atoms with Gasteiger partial charge in [-0.1, -0.05) is 18.0 Å². The third kappa shape index (κ3) is 1.67. The Morgan fingerprint density at radius 2 is 2.20 bits per heavy atom. The third-order valence-corrected chi connectivity index (χ3v) is 3.92. The van der Waals surface area contributed by atoms with Crippen LogP contribution in [0.5, 0.6) is 0 Å². The Morgan fingerprint density at radius 3 is 2.87 bits per heavy atom. The van der Waals surface area contributed by atoms with Gasteiger partial charge in [-0.3, -0.25) is 0 Å². The highest BCUT2D eigenvalue weighted by atomic mass is 16.5. The monoisotopic (exact) mass is 207 g/mol. The summed E-state index contributed by atoms with van der Waals surface area (Å²) in [5.41, 5.74) is 6.07. The molecule has 2 N–H and O–H groups in total. The molecule has 2 atom stereocenters. The Morgan fingerprint density at radius 1 is 1.33 bits per heavy atom. The van der Waals surface area contributed by atoms with Crippen LogP contribution in [-0.4, -0.2) is 10.1 Å². The van der Waals surface area contributed by atoms with Gasteiger partial charge in [0, 0.05) is 0 Å². The summed E-state index contributed by atoms with van der Waals surface area (Å²) in [6.07, 6.45) is 8.74. The Labute approximate surface area is 89.2 Å². The van der Waals surface area contributed by atoms with E-state index in [1.54, 1.807) is 0 Å². The van der Waals surface area contributed by atoms with Crippen LogP contribution in [0.15, 0.2) is 10.9 Å². The van der Waals surface area contributed by atoms with Crippen molar-refractivity contribution in [2.45, 2.75) is 44.1 Å². The predicted octanol–water partition coefficient (Wildman–Crippen LogP) is 1.82. The second-order valence-electron chi connectivity index (χ2n) is 5.10. The molecule has 0 bridgehead atoms. The fourth-order valence-corrected chi connectivity index (χ4v) is 2.91. The van der Waals surface area contributed by atoms with Gasteiger partial charge in [0.2, 0.25) is 6.39 Å². The Hall–Kier alpha value is -0.900. The maximum absolute atomic E-state index is 6.40. The van der Waals surface area contributed by atoms with Crippen LogP contribution >= 0.6 is 0 Å². The van der Waals surface area contributed by atoms with Gasteiger partial charge in [-0.25, -0.2) is 0 Å². The summed E-state index contributed by atoms with van der Waals surface area (Å²) in [5.74, 6) is 2.43. The van der Waals surface area contributed by atoms with Crippen LogP contribution in [0.3, 0.4) is 0 Å². The first-order chi connectivity index (χ1) is 7.28. The molecule has 82 valence electrons. The van der Waals surface area contributed by atoms with Crippen LogP contribution in [0, 0.1) is 11.8 Å². The van der Waals surface area contributed by atoms with Crippen molar-refractivity contribution in [2.75, 3.05) is 0 Å². The van der Waals surface area contributed by atoms with E-state index in [2.05, 4.69) is 10.1 Å². The number of hydrogen-bond donors (Lipinski definition) is 1. The van der Waals surface area contributed by atoms with Crippen LogP contribution in [0.1, 0.15) is 44.3 Å². The summed E-state index contributed by atoms with van der Waals surface area (Å²) >= 11 is 0. The van der Waals surface area contributed by atoms with Crippen LogP contribution in [0.25, 0.3) is 0 Å². The molecule has 2 unspecified atom stereocenters. The maximum Gasteiger partial charge on any atom is 0.213 e. The van der Waals surface area contributed by atoms with Gasteiger partial charge >= 0.3 is 0 Å². The molecule has 4 heteroatoms. The molecule has 1 heterocycles. The molecule has 0 aliphatic heterocycles. The summed E-state index contributed by atoms with van der Waals surface area (Å²) in [4.78, 5) is 4.12. The average molecular weight is 207 g/mol. The van der Waals surface area contributed by atoms with Crippen molar-refractivity contribution in [3.05, 3.63) is 12.2 Å². The van der Waals surface area contributed by atoms with Crippen molar-refractivity contribution < 1.29 is 4.52 Å². The van der Waals surface area contributed by atoms with Gasteiger partial charge in [0.25, 0.3) is 0 Å². The lowest BCUT2D eigenvalue weighted by Gasteiger charge is -2.35. The van der Waals surface area contributed by atoms with Crippen molar-refractivity contribution in [2.24, 2.45) is 17.6 Å². The summed E-state index contributed by atoms with van der Waals surface area (Å²) in [6, 6.07) is 0. The minimum absolute atomic E-state index is 0.321. The van der Waals surface area contributed by atoms with E-state index in [1.807, 2.05) is 0 Å². The number of nitrogens with two attached hydrogens (primary N) is 1. The fraction of sp³-hybridized carbons (Fsp3) is 0.818. The third-order valence-electron chi connectivity index (χ3n) is 3.92. The lowest BCUT2D eigenvalue weighted by atomic mass is 9.74. The highest BCUT2D eigenvalue weighted by Crippen LogP contribution is 2.47. The molecule has 0 saturated heterocycles. The van der Waals surface area contributed by atoms with Crippen LogP contribution < -0.4 is 5.73 Å². The maximum atomic E-state index is 6.40. The highest BCUT2D eigenvalue weighted by Gasteiger charge is 2.42. The Bertz CT molecular complexity index is 334. The van der Waals surface area contributed by atoms with Gasteiger partial charge in [0.1, 0.15) is 0 Å². The molecular formula is C11H17N3O. The lowest BCUT2D eigenvalue weighted by molar-refractivity contribution is 0.193. The van der Waals surface area contributed by atoms with E-state index in [1.165, 1.54) is 32.1 Å². The average Bonchev–Trinajstić information content (AvgIpc) is 2.93. The molecule has 2 aliphatic rings. The predicted molar refractivity (Wildman–Crippen MR) is 54.8 cm³/mol. The number of rotatable bonds is 2. The first-order valence-electron chi connectivity index (χ1n) is 5.84. The summed E-state index contributed by atoms with van der Waals surface area (Å²) in [5, 5.41) is 3.91. The molecule has 1 aromatic heterocycles. The normalized spacial score (nSPS) is 36.7. The summed E-state index contributed by atoms with van der Waals surface area (Å²) in [6.45, 7) is 0. The SMILES string of the molecule is NC1(c2ncon2)CCCC(C2CC2)C1.